The number of hydrogen-bond donors (Lipinski definition) is 2. The van der Waals surface area contributed by atoms with Crippen molar-refractivity contribution in [3.8, 4) is 5.75 Å². The molecule has 1 aromatic carbocycles. The molecule has 1 amide bonds. The number of carbonyl (C=O) groups excluding carboxylic acids is 1. The van der Waals surface area contributed by atoms with Crippen molar-refractivity contribution >= 4 is 24.0 Å². The molecule has 5 heteroatoms. The molecule has 2 rings (SSSR count). The van der Waals surface area contributed by atoms with Crippen LogP contribution in [-0.2, 0) is 4.79 Å². The highest BCUT2D eigenvalue weighted by Gasteiger charge is 2.45. The van der Waals surface area contributed by atoms with Gasteiger partial charge in [-0.05, 0) is 31.9 Å². The van der Waals surface area contributed by atoms with E-state index in [1.165, 1.54) is 0 Å². The normalized spacial score (nSPS) is 15.6. The van der Waals surface area contributed by atoms with Gasteiger partial charge in [-0.3, -0.25) is 4.79 Å². The number of hydrogen-bond acceptors (Lipinski definition) is 3. The Morgan fingerprint density at radius 3 is 2.82 bits per heavy atom. The molecule has 0 atom stereocenters. The standard InChI is InChI=1S/C12H16N2O2.ClH/c1-2-16-10-5-3-4-9(8-10)14-11(15)12(13)6-7-12;/h3-5,8H,2,6-7,13H2,1H3,(H,14,15);1H. The Kier molecular flexibility index (Phi) is 4.37. The number of nitrogens with one attached hydrogen (secondary N) is 1. The second-order valence-electron chi connectivity index (χ2n) is 4.07. The van der Waals surface area contributed by atoms with Crippen LogP contribution in [0, 0.1) is 0 Å². The summed E-state index contributed by atoms with van der Waals surface area (Å²) in [6.07, 6.45) is 1.54. The maximum atomic E-state index is 11.7. The monoisotopic (exact) mass is 256 g/mol. The average Bonchev–Trinajstić information content (AvgIpc) is 2.99. The number of halogens is 1. The predicted octanol–water partition coefficient (Wildman–Crippen LogP) is 1.94. The van der Waals surface area contributed by atoms with E-state index in [1.54, 1.807) is 6.07 Å². The summed E-state index contributed by atoms with van der Waals surface area (Å²) in [5.41, 5.74) is 5.88. The lowest BCUT2D eigenvalue weighted by molar-refractivity contribution is -0.118. The van der Waals surface area contributed by atoms with E-state index >= 15 is 0 Å². The van der Waals surface area contributed by atoms with Gasteiger partial charge in [0, 0.05) is 11.8 Å². The smallest absolute Gasteiger partial charge is 0.244 e. The molecule has 1 fully saturated rings. The van der Waals surface area contributed by atoms with Crippen molar-refractivity contribution in [2.75, 3.05) is 11.9 Å². The highest BCUT2D eigenvalue weighted by Crippen LogP contribution is 2.33. The van der Waals surface area contributed by atoms with E-state index < -0.39 is 5.54 Å². The molecular formula is C12H17ClN2O2. The molecule has 0 heterocycles. The lowest BCUT2D eigenvalue weighted by Crippen LogP contribution is -2.37. The summed E-state index contributed by atoms with van der Waals surface area (Å²) in [6, 6.07) is 7.32. The van der Waals surface area contributed by atoms with Crippen LogP contribution in [0.25, 0.3) is 0 Å². The quantitative estimate of drug-likeness (QED) is 0.865. The number of anilines is 1. The van der Waals surface area contributed by atoms with Crippen molar-refractivity contribution in [3.05, 3.63) is 24.3 Å². The van der Waals surface area contributed by atoms with Gasteiger partial charge in [-0.15, -0.1) is 12.4 Å². The Balaban J connectivity index is 0.00000144. The summed E-state index contributed by atoms with van der Waals surface area (Å²) in [5.74, 6) is 0.642. The van der Waals surface area contributed by atoms with Crippen molar-refractivity contribution < 1.29 is 9.53 Å². The second kappa shape index (κ2) is 5.38. The molecule has 1 aliphatic rings. The van der Waals surface area contributed by atoms with Crippen LogP contribution in [0.15, 0.2) is 24.3 Å². The van der Waals surface area contributed by atoms with Gasteiger partial charge in [-0.2, -0.15) is 0 Å². The SMILES string of the molecule is CCOc1cccc(NC(=O)C2(N)CC2)c1.Cl. The number of amides is 1. The maximum absolute atomic E-state index is 11.7. The molecule has 0 aliphatic heterocycles. The summed E-state index contributed by atoms with van der Waals surface area (Å²) in [5, 5.41) is 2.80. The fourth-order valence-electron chi connectivity index (χ4n) is 1.45. The van der Waals surface area contributed by atoms with Crippen molar-refractivity contribution in [1.29, 1.82) is 0 Å². The zero-order valence-electron chi connectivity index (χ0n) is 9.73. The number of carbonyl (C=O) groups is 1. The third-order valence-electron chi connectivity index (χ3n) is 2.64. The third-order valence-corrected chi connectivity index (χ3v) is 2.64. The lowest BCUT2D eigenvalue weighted by Gasteiger charge is -2.11. The van der Waals surface area contributed by atoms with Gasteiger partial charge in [-0.1, -0.05) is 6.07 Å². The van der Waals surface area contributed by atoms with E-state index in [1.807, 2.05) is 25.1 Å². The molecule has 0 radical (unpaired) electrons. The van der Waals surface area contributed by atoms with Gasteiger partial charge < -0.3 is 15.8 Å². The van der Waals surface area contributed by atoms with E-state index in [9.17, 15) is 4.79 Å². The molecule has 0 unspecified atom stereocenters. The van der Waals surface area contributed by atoms with Crippen molar-refractivity contribution in [1.82, 2.24) is 0 Å². The number of nitrogens with two attached hydrogens (primary N) is 1. The Labute approximate surface area is 107 Å². The molecule has 17 heavy (non-hydrogen) atoms. The first-order valence-electron chi connectivity index (χ1n) is 5.47. The Morgan fingerprint density at radius 1 is 1.53 bits per heavy atom. The Hall–Kier alpha value is -1.26. The van der Waals surface area contributed by atoms with Crippen LogP contribution in [0.3, 0.4) is 0 Å². The third kappa shape index (κ3) is 3.35. The van der Waals surface area contributed by atoms with E-state index in [4.69, 9.17) is 10.5 Å². The highest BCUT2D eigenvalue weighted by atomic mass is 35.5. The molecule has 1 saturated carbocycles. The van der Waals surface area contributed by atoms with Gasteiger partial charge in [0.15, 0.2) is 0 Å². The van der Waals surface area contributed by atoms with E-state index in [0.717, 1.165) is 24.3 Å². The molecule has 1 aliphatic carbocycles. The number of rotatable bonds is 4. The average molecular weight is 257 g/mol. The van der Waals surface area contributed by atoms with Crippen LogP contribution >= 0.6 is 12.4 Å². The minimum Gasteiger partial charge on any atom is -0.494 e. The maximum Gasteiger partial charge on any atom is 0.244 e. The number of benzene rings is 1. The fraction of sp³-hybridized carbons (Fsp3) is 0.417. The summed E-state index contributed by atoms with van der Waals surface area (Å²) in [6.45, 7) is 2.53. The van der Waals surface area contributed by atoms with Gasteiger partial charge in [0.05, 0.1) is 12.1 Å². The zero-order valence-corrected chi connectivity index (χ0v) is 10.5. The Morgan fingerprint density at radius 2 is 2.24 bits per heavy atom. The zero-order chi connectivity index (χ0) is 11.6. The van der Waals surface area contributed by atoms with E-state index in [-0.39, 0.29) is 18.3 Å². The van der Waals surface area contributed by atoms with Crippen LogP contribution < -0.4 is 15.8 Å². The molecule has 0 bridgehead atoms. The van der Waals surface area contributed by atoms with Crippen LogP contribution in [-0.4, -0.2) is 18.1 Å². The van der Waals surface area contributed by atoms with Gasteiger partial charge in [0.1, 0.15) is 5.75 Å². The largest absolute Gasteiger partial charge is 0.494 e. The first-order valence-corrected chi connectivity index (χ1v) is 5.47. The van der Waals surface area contributed by atoms with Crippen molar-refractivity contribution in [2.45, 2.75) is 25.3 Å². The topological polar surface area (TPSA) is 64.3 Å². The summed E-state index contributed by atoms with van der Waals surface area (Å²) in [4.78, 5) is 11.7. The molecule has 0 saturated heterocycles. The predicted molar refractivity (Wildman–Crippen MR) is 69.6 cm³/mol. The highest BCUT2D eigenvalue weighted by molar-refractivity contribution is 6.00. The van der Waals surface area contributed by atoms with E-state index in [2.05, 4.69) is 5.32 Å². The summed E-state index contributed by atoms with van der Waals surface area (Å²) >= 11 is 0. The molecule has 4 nitrogen and oxygen atoms in total. The van der Waals surface area contributed by atoms with Crippen LogP contribution in [0.2, 0.25) is 0 Å². The molecule has 0 spiro atoms. The number of ether oxygens (including phenoxy) is 1. The summed E-state index contributed by atoms with van der Waals surface area (Å²) < 4.78 is 5.35. The Bertz CT molecular complexity index is 405. The first kappa shape index (κ1) is 13.8. The molecule has 94 valence electrons. The van der Waals surface area contributed by atoms with Crippen LogP contribution in [0.1, 0.15) is 19.8 Å². The van der Waals surface area contributed by atoms with Crippen molar-refractivity contribution in [3.63, 3.8) is 0 Å². The van der Waals surface area contributed by atoms with Crippen LogP contribution in [0.5, 0.6) is 5.75 Å². The lowest BCUT2D eigenvalue weighted by atomic mass is 10.2. The van der Waals surface area contributed by atoms with Gasteiger partial charge in [-0.25, -0.2) is 0 Å². The van der Waals surface area contributed by atoms with E-state index in [0.29, 0.717) is 6.61 Å². The summed E-state index contributed by atoms with van der Waals surface area (Å²) in [7, 11) is 0. The fourth-order valence-corrected chi connectivity index (χ4v) is 1.45. The van der Waals surface area contributed by atoms with Crippen molar-refractivity contribution in [2.24, 2.45) is 5.73 Å². The molecule has 3 N–H and O–H groups in total. The first-order chi connectivity index (χ1) is 7.64. The molecule has 0 aromatic heterocycles. The minimum atomic E-state index is -0.637. The second-order valence-corrected chi connectivity index (χ2v) is 4.07. The minimum absolute atomic E-state index is 0. The van der Waals surface area contributed by atoms with Crippen LogP contribution in [0.4, 0.5) is 5.69 Å². The van der Waals surface area contributed by atoms with Gasteiger partial charge in [0.25, 0.3) is 0 Å². The molecule has 1 aromatic rings. The van der Waals surface area contributed by atoms with Gasteiger partial charge in [0.2, 0.25) is 5.91 Å². The van der Waals surface area contributed by atoms with Gasteiger partial charge >= 0.3 is 0 Å². The molecular weight excluding hydrogens is 240 g/mol.